The second kappa shape index (κ2) is 12.1. The SMILES string of the molecule is CCOCC(C)(C[C@H](N)Cc1ccc(-c2cc(Cl)ccc2F)cc1)C(=O)OCc1ccccc1. The van der Waals surface area contributed by atoms with Crippen molar-refractivity contribution in [3.05, 3.63) is 94.8 Å². The molecule has 0 aliphatic rings. The highest BCUT2D eigenvalue weighted by Crippen LogP contribution is 2.29. The van der Waals surface area contributed by atoms with Crippen LogP contribution in [-0.4, -0.2) is 25.2 Å². The lowest BCUT2D eigenvalue weighted by atomic mass is 9.82. The molecule has 4 nitrogen and oxygen atoms in total. The van der Waals surface area contributed by atoms with E-state index in [0.29, 0.717) is 30.0 Å². The van der Waals surface area contributed by atoms with Gasteiger partial charge in [0.2, 0.25) is 0 Å². The Morgan fingerprint density at radius 3 is 2.44 bits per heavy atom. The third-order valence-electron chi connectivity index (χ3n) is 5.73. The highest BCUT2D eigenvalue weighted by Gasteiger charge is 2.37. The number of carbonyl (C=O) groups excluding carboxylic acids is 1. The molecule has 6 heteroatoms. The molecule has 0 saturated heterocycles. The fourth-order valence-corrected chi connectivity index (χ4v) is 4.09. The Balaban J connectivity index is 1.64. The minimum absolute atomic E-state index is 0.206. The molecule has 0 spiro atoms. The second-order valence-electron chi connectivity index (χ2n) is 8.75. The summed E-state index contributed by atoms with van der Waals surface area (Å²) in [7, 11) is 0. The normalized spacial score (nSPS) is 13.8. The molecule has 0 aliphatic heterocycles. The number of ether oxygens (including phenoxy) is 2. The fourth-order valence-electron chi connectivity index (χ4n) is 3.92. The monoisotopic (exact) mass is 483 g/mol. The van der Waals surface area contributed by atoms with E-state index < -0.39 is 5.41 Å². The van der Waals surface area contributed by atoms with Crippen molar-refractivity contribution in [2.75, 3.05) is 13.2 Å². The van der Waals surface area contributed by atoms with Crippen LogP contribution in [0.3, 0.4) is 0 Å². The van der Waals surface area contributed by atoms with E-state index in [1.165, 1.54) is 12.1 Å². The van der Waals surface area contributed by atoms with Crippen LogP contribution in [0.2, 0.25) is 5.02 Å². The van der Waals surface area contributed by atoms with Crippen LogP contribution in [0.1, 0.15) is 31.4 Å². The first-order valence-corrected chi connectivity index (χ1v) is 11.8. The maximum Gasteiger partial charge on any atom is 0.314 e. The van der Waals surface area contributed by atoms with Gasteiger partial charge in [-0.25, -0.2) is 4.39 Å². The molecular formula is C28H31ClFNO3. The summed E-state index contributed by atoms with van der Waals surface area (Å²) < 4.78 is 25.4. The van der Waals surface area contributed by atoms with Gasteiger partial charge in [0.15, 0.2) is 0 Å². The summed E-state index contributed by atoms with van der Waals surface area (Å²) in [6.45, 7) is 4.66. The van der Waals surface area contributed by atoms with Crippen LogP contribution in [-0.2, 0) is 27.3 Å². The number of nitrogens with two attached hydrogens (primary N) is 1. The molecular weight excluding hydrogens is 453 g/mol. The highest BCUT2D eigenvalue weighted by atomic mass is 35.5. The third kappa shape index (κ3) is 7.13. The number of carbonyl (C=O) groups is 1. The minimum atomic E-state index is -0.867. The number of halogens is 2. The average molecular weight is 484 g/mol. The van der Waals surface area contributed by atoms with E-state index in [-0.39, 0.29) is 31.0 Å². The van der Waals surface area contributed by atoms with Gasteiger partial charge in [-0.3, -0.25) is 4.79 Å². The fraction of sp³-hybridized carbons (Fsp3) is 0.321. The highest BCUT2D eigenvalue weighted by molar-refractivity contribution is 6.30. The molecule has 0 bridgehead atoms. The summed E-state index contributed by atoms with van der Waals surface area (Å²) in [5, 5.41) is 0.482. The number of benzene rings is 3. The van der Waals surface area contributed by atoms with Crippen molar-refractivity contribution in [3.63, 3.8) is 0 Å². The van der Waals surface area contributed by atoms with Crippen molar-refractivity contribution in [2.45, 2.75) is 39.3 Å². The lowest BCUT2D eigenvalue weighted by molar-refractivity contribution is -0.161. The summed E-state index contributed by atoms with van der Waals surface area (Å²) in [6.07, 6.45) is 0.970. The quantitative estimate of drug-likeness (QED) is 0.330. The largest absolute Gasteiger partial charge is 0.460 e. The smallest absolute Gasteiger partial charge is 0.314 e. The van der Waals surface area contributed by atoms with Crippen LogP contribution in [0.25, 0.3) is 11.1 Å². The Morgan fingerprint density at radius 2 is 1.76 bits per heavy atom. The second-order valence-corrected chi connectivity index (χ2v) is 9.19. The van der Waals surface area contributed by atoms with E-state index in [1.807, 2.05) is 68.4 Å². The van der Waals surface area contributed by atoms with E-state index in [4.69, 9.17) is 26.8 Å². The zero-order valence-corrected chi connectivity index (χ0v) is 20.4. The summed E-state index contributed by atoms with van der Waals surface area (Å²) in [5.74, 6) is -0.651. The maximum absolute atomic E-state index is 14.2. The van der Waals surface area contributed by atoms with Crippen molar-refractivity contribution in [2.24, 2.45) is 11.1 Å². The molecule has 0 aromatic heterocycles. The molecule has 180 valence electrons. The van der Waals surface area contributed by atoms with Crippen LogP contribution < -0.4 is 5.73 Å². The van der Waals surface area contributed by atoms with E-state index in [0.717, 1.165) is 16.7 Å². The van der Waals surface area contributed by atoms with E-state index in [1.54, 1.807) is 6.07 Å². The van der Waals surface area contributed by atoms with Gasteiger partial charge in [0.05, 0.1) is 12.0 Å². The van der Waals surface area contributed by atoms with Crippen LogP contribution in [0.4, 0.5) is 4.39 Å². The van der Waals surface area contributed by atoms with Crippen molar-refractivity contribution < 1.29 is 18.7 Å². The van der Waals surface area contributed by atoms with Crippen molar-refractivity contribution >= 4 is 17.6 Å². The van der Waals surface area contributed by atoms with Crippen molar-refractivity contribution in [3.8, 4) is 11.1 Å². The molecule has 2 atom stereocenters. The van der Waals surface area contributed by atoms with E-state index >= 15 is 0 Å². The van der Waals surface area contributed by atoms with Crippen LogP contribution in [0, 0.1) is 11.2 Å². The Kier molecular flexibility index (Phi) is 9.22. The average Bonchev–Trinajstić information content (AvgIpc) is 2.84. The summed E-state index contributed by atoms with van der Waals surface area (Å²) >= 11 is 6.02. The van der Waals surface area contributed by atoms with Crippen LogP contribution in [0.5, 0.6) is 0 Å². The molecule has 2 N–H and O–H groups in total. The summed E-state index contributed by atoms with van der Waals surface area (Å²) in [4.78, 5) is 13.0. The van der Waals surface area contributed by atoms with Gasteiger partial charge in [0.1, 0.15) is 12.4 Å². The van der Waals surface area contributed by atoms with E-state index in [2.05, 4.69) is 0 Å². The zero-order chi connectivity index (χ0) is 24.6. The van der Waals surface area contributed by atoms with Gasteiger partial charge >= 0.3 is 5.97 Å². The van der Waals surface area contributed by atoms with Crippen molar-refractivity contribution in [1.82, 2.24) is 0 Å². The molecule has 0 amide bonds. The standard InChI is InChI=1S/C28H31ClFNO3/c1-3-33-19-28(2,27(32)34-18-21-7-5-4-6-8-21)17-24(31)15-20-9-11-22(12-10-20)25-16-23(29)13-14-26(25)30/h4-14,16,24H,3,15,17-19,31H2,1-2H3/t24-,28?/m1/s1. The Morgan fingerprint density at radius 1 is 1.06 bits per heavy atom. The first-order valence-electron chi connectivity index (χ1n) is 11.4. The number of hydrogen-bond donors (Lipinski definition) is 1. The molecule has 3 rings (SSSR count). The van der Waals surface area contributed by atoms with Crippen molar-refractivity contribution in [1.29, 1.82) is 0 Å². The van der Waals surface area contributed by atoms with E-state index in [9.17, 15) is 9.18 Å². The predicted molar refractivity (Wildman–Crippen MR) is 134 cm³/mol. The number of rotatable bonds is 11. The lowest BCUT2D eigenvalue weighted by Gasteiger charge is -2.30. The van der Waals surface area contributed by atoms with Gasteiger partial charge < -0.3 is 15.2 Å². The summed E-state index contributed by atoms with van der Waals surface area (Å²) in [5.41, 5.74) is 8.71. The lowest BCUT2D eigenvalue weighted by Crippen LogP contribution is -2.41. The van der Waals surface area contributed by atoms with Gasteiger partial charge in [0, 0.05) is 23.2 Å². The Hall–Kier alpha value is -2.73. The summed E-state index contributed by atoms with van der Waals surface area (Å²) in [6, 6.07) is 21.3. The van der Waals surface area contributed by atoms with Gasteiger partial charge in [-0.05, 0) is 61.6 Å². The van der Waals surface area contributed by atoms with Gasteiger partial charge in [-0.2, -0.15) is 0 Å². The zero-order valence-electron chi connectivity index (χ0n) is 19.6. The first-order chi connectivity index (χ1) is 16.3. The minimum Gasteiger partial charge on any atom is -0.460 e. The molecule has 3 aromatic rings. The first kappa shape index (κ1) is 25.9. The Labute approximate surface area is 205 Å². The molecule has 0 aliphatic carbocycles. The topological polar surface area (TPSA) is 61.5 Å². The third-order valence-corrected chi connectivity index (χ3v) is 5.97. The molecule has 0 heterocycles. The van der Waals surface area contributed by atoms with Gasteiger partial charge in [-0.1, -0.05) is 66.2 Å². The van der Waals surface area contributed by atoms with Crippen LogP contribution >= 0.6 is 11.6 Å². The molecule has 1 unspecified atom stereocenters. The maximum atomic E-state index is 14.2. The Bertz CT molecular complexity index is 1070. The molecule has 34 heavy (non-hydrogen) atoms. The number of esters is 1. The molecule has 0 saturated carbocycles. The molecule has 0 radical (unpaired) electrons. The van der Waals surface area contributed by atoms with Crippen LogP contribution in [0.15, 0.2) is 72.8 Å². The van der Waals surface area contributed by atoms with Gasteiger partial charge in [-0.15, -0.1) is 0 Å². The molecule has 3 aromatic carbocycles. The number of hydrogen-bond acceptors (Lipinski definition) is 4. The van der Waals surface area contributed by atoms with Gasteiger partial charge in [0.25, 0.3) is 0 Å². The molecule has 0 fully saturated rings. The predicted octanol–water partition coefficient (Wildman–Crippen LogP) is 6.19.